The van der Waals surface area contributed by atoms with E-state index in [1.54, 1.807) is 31.4 Å². The molecule has 2 atom stereocenters. The van der Waals surface area contributed by atoms with E-state index in [0.717, 1.165) is 5.56 Å². The van der Waals surface area contributed by atoms with E-state index in [0.29, 0.717) is 12.2 Å². The van der Waals surface area contributed by atoms with Crippen molar-refractivity contribution in [3.05, 3.63) is 29.8 Å². The van der Waals surface area contributed by atoms with Crippen molar-refractivity contribution in [3.8, 4) is 5.75 Å². The minimum absolute atomic E-state index is 0.301. The van der Waals surface area contributed by atoms with E-state index >= 15 is 0 Å². The molecule has 0 saturated carbocycles. The fraction of sp³-hybridized carbons (Fsp3) is 0.429. The average Bonchev–Trinajstić information content (AvgIpc) is 2.52. The third-order valence-corrected chi connectivity index (χ3v) is 2.94. The molecule has 0 fully saturated rings. The molecule has 21 heavy (non-hydrogen) atoms. The molecule has 1 rings (SSSR count). The van der Waals surface area contributed by atoms with Gasteiger partial charge in [0, 0.05) is 0 Å². The molecule has 116 valence electrons. The van der Waals surface area contributed by atoms with Crippen LogP contribution >= 0.6 is 0 Å². The fourth-order valence-corrected chi connectivity index (χ4v) is 1.71. The zero-order valence-corrected chi connectivity index (χ0v) is 12.0. The molecule has 0 aliphatic carbocycles. The first-order valence-corrected chi connectivity index (χ1v) is 6.39. The molecule has 0 aliphatic rings. The van der Waals surface area contributed by atoms with Crippen LogP contribution in [-0.2, 0) is 20.7 Å². The number of aliphatic hydroxyl groups is 1. The average molecular weight is 296 g/mol. The van der Waals surface area contributed by atoms with Crippen LogP contribution in [0.3, 0.4) is 0 Å². The van der Waals surface area contributed by atoms with E-state index < -0.39 is 30.6 Å². The second kappa shape index (κ2) is 8.23. The second-order valence-electron chi connectivity index (χ2n) is 4.43. The maximum absolute atomic E-state index is 11.9. The third-order valence-electron chi connectivity index (χ3n) is 2.94. The number of nitrogens with two attached hydrogens (primary N) is 1. The lowest BCUT2D eigenvalue weighted by Crippen LogP contribution is -2.51. The summed E-state index contributed by atoms with van der Waals surface area (Å²) in [6.45, 7) is -0.548. The molecule has 0 aliphatic heterocycles. The van der Waals surface area contributed by atoms with Crippen LogP contribution in [0.2, 0.25) is 0 Å². The van der Waals surface area contributed by atoms with Crippen LogP contribution in [0, 0.1) is 0 Å². The van der Waals surface area contributed by atoms with Crippen molar-refractivity contribution in [2.75, 3.05) is 20.8 Å². The predicted octanol–water partition coefficient (Wildman–Crippen LogP) is -0.785. The van der Waals surface area contributed by atoms with Gasteiger partial charge in [-0.15, -0.1) is 0 Å². The van der Waals surface area contributed by atoms with Crippen molar-refractivity contribution in [3.63, 3.8) is 0 Å². The number of amides is 1. The Labute approximate surface area is 123 Å². The molecular weight excluding hydrogens is 276 g/mol. The van der Waals surface area contributed by atoms with Crippen LogP contribution in [0.1, 0.15) is 5.56 Å². The van der Waals surface area contributed by atoms with Crippen molar-refractivity contribution in [1.82, 2.24) is 5.32 Å². The van der Waals surface area contributed by atoms with Crippen LogP contribution in [-0.4, -0.2) is 49.9 Å². The van der Waals surface area contributed by atoms with E-state index in [4.69, 9.17) is 15.6 Å². The Morgan fingerprint density at radius 2 is 1.90 bits per heavy atom. The minimum Gasteiger partial charge on any atom is -0.497 e. The monoisotopic (exact) mass is 296 g/mol. The van der Waals surface area contributed by atoms with Crippen molar-refractivity contribution >= 4 is 11.9 Å². The Kier molecular flexibility index (Phi) is 6.64. The molecule has 4 N–H and O–H groups in total. The normalized spacial score (nSPS) is 13.1. The number of carbonyl (C=O) groups is 2. The highest BCUT2D eigenvalue weighted by molar-refractivity contribution is 5.87. The Morgan fingerprint density at radius 1 is 1.29 bits per heavy atom. The Balaban J connectivity index is 2.58. The Bertz CT molecular complexity index is 475. The summed E-state index contributed by atoms with van der Waals surface area (Å²) in [6, 6.07) is 5.20. The summed E-state index contributed by atoms with van der Waals surface area (Å²) in [4.78, 5) is 23.2. The number of nitrogens with one attached hydrogen (secondary N) is 1. The molecule has 1 aromatic carbocycles. The second-order valence-corrected chi connectivity index (χ2v) is 4.43. The van der Waals surface area contributed by atoms with Gasteiger partial charge in [0.05, 0.1) is 26.9 Å². The number of rotatable bonds is 7. The molecule has 0 unspecified atom stereocenters. The number of esters is 1. The molecule has 0 spiro atoms. The third kappa shape index (κ3) is 5.05. The van der Waals surface area contributed by atoms with Gasteiger partial charge < -0.3 is 25.6 Å². The number of ether oxygens (including phenoxy) is 2. The van der Waals surface area contributed by atoms with Crippen LogP contribution in [0.5, 0.6) is 5.75 Å². The summed E-state index contributed by atoms with van der Waals surface area (Å²) in [5.74, 6) is -0.541. The topological polar surface area (TPSA) is 111 Å². The maximum Gasteiger partial charge on any atom is 0.330 e. The number of aliphatic hydroxyl groups excluding tert-OH is 1. The lowest BCUT2D eigenvalue weighted by Gasteiger charge is -2.17. The van der Waals surface area contributed by atoms with Crippen molar-refractivity contribution in [1.29, 1.82) is 0 Å². The summed E-state index contributed by atoms with van der Waals surface area (Å²) >= 11 is 0. The first kappa shape index (κ1) is 16.9. The molecule has 7 nitrogen and oxygen atoms in total. The summed E-state index contributed by atoms with van der Waals surface area (Å²) in [5, 5.41) is 11.4. The molecule has 0 bridgehead atoms. The van der Waals surface area contributed by atoms with Gasteiger partial charge in [0.2, 0.25) is 5.91 Å². The molecule has 1 aromatic rings. The smallest absolute Gasteiger partial charge is 0.330 e. The predicted molar refractivity (Wildman–Crippen MR) is 75.7 cm³/mol. The molecule has 0 radical (unpaired) electrons. The first-order valence-electron chi connectivity index (χ1n) is 6.39. The number of carbonyl (C=O) groups excluding carboxylic acids is 2. The first-order chi connectivity index (χ1) is 10.0. The van der Waals surface area contributed by atoms with Gasteiger partial charge in [0.25, 0.3) is 0 Å². The van der Waals surface area contributed by atoms with Gasteiger partial charge in [-0.1, -0.05) is 12.1 Å². The Morgan fingerprint density at radius 3 is 2.38 bits per heavy atom. The van der Waals surface area contributed by atoms with Gasteiger partial charge in [0.1, 0.15) is 5.75 Å². The van der Waals surface area contributed by atoms with E-state index in [1.165, 1.54) is 7.11 Å². The molecule has 7 heteroatoms. The van der Waals surface area contributed by atoms with Crippen LogP contribution in [0.4, 0.5) is 0 Å². The summed E-state index contributed by atoms with van der Waals surface area (Å²) in [7, 11) is 2.74. The van der Waals surface area contributed by atoms with Crippen molar-refractivity contribution in [2.24, 2.45) is 5.73 Å². The zero-order valence-electron chi connectivity index (χ0n) is 12.0. The number of methoxy groups -OCH3 is 2. The van der Waals surface area contributed by atoms with Crippen LogP contribution in [0.15, 0.2) is 24.3 Å². The van der Waals surface area contributed by atoms with Crippen molar-refractivity contribution < 1.29 is 24.2 Å². The molecule has 0 heterocycles. The van der Waals surface area contributed by atoms with Gasteiger partial charge >= 0.3 is 5.97 Å². The van der Waals surface area contributed by atoms with Crippen molar-refractivity contribution in [2.45, 2.75) is 18.5 Å². The number of hydrogen-bond donors (Lipinski definition) is 3. The summed E-state index contributed by atoms with van der Waals surface area (Å²) in [6.07, 6.45) is 0.301. The number of benzene rings is 1. The summed E-state index contributed by atoms with van der Waals surface area (Å²) < 4.78 is 9.50. The van der Waals surface area contributed by atoms with Gasteiger partial charge in [-0.3, -0.25) is 4.79 Å². The lowest BCUT2D eigenvalue weighted by atomic mass is 10.1. The van der Waals surface area contributed by atoms with E-state index in [2.05, 4.69) is 10.1 Å². The molecule has 0 aromatic heterocycles. The summed E-state index contributed by atoms with van der Waals surface area (Å²) in [5.41, 5.74) is 6.65. The quantitative estimate of drug-likeness (QED) is 0.569. The maximum atomic E-state index is 11.9. The van der Waals surface area contributed by atoms with Gasteiger partial charge in [-0.2, -0.15) is 0 Å². The zero-order chi connectivity index (χ0) is 15.8. The van der Waals surface area contributed by atoms with E-state index in [9.17, 15) is 9.59 Å². The molecular formula is C14H20N2O5. The fourth-order valence-electron chi connectivity index (χ4n) is 1.71. The van der Waals surface area contributed by atoms with Gasteiger partial charge in [-0.25, -0.2) is 4.79 Å². The Hall–Kier alpha value is -2.12. The van der Waals surface area contributed by atoms with Crippen LogP contribution < -0.4 is 15.8 Å². The highest BCUT2D eigenvalue weighted by atomic mass is 16.5. The largest absolute Gasteiger partial charge is 0.497 e. The van der Waals surface area contributed by atoms with Gasteiger partial charge in [0.15, 0.2) is 6.04 Å². The molecule has 0 saturated heterocycles. The molecule has 1 amide bonds. The standard InChI is InChI=1S/C14H20N2O5/c1-20-10-5-3-9(4-6-10)7-11(15)13(18)16-12(8-17)14(19)21-2/h3-6,11-12,17H,7-8,15H2,1-2H3,(H,16,18)/t11-,12-/m0/s1. The van der Waals surface area contributed by atoms with Crippen LogP contribution in [0.25, 0.3) is 0 Å². The minimum atomic E-state index is -1.11. The highest BCUT2D eigenvalue weighted by Gasteiger charge is 2.23. The van der Waals surface area contributed by atoms with Gasteiger partial charge in [-0.05, 0) is 24.1 Å². The van der Waals surface area contributed by atoms with E-state index in [-0.39, 0.29) is 0 Å². The van der Waals surface area contributed by atoms with E-state index in [1.807, 2.05) is 0 Å². The SMILES string of the molecule is COC(=O)[C@H](CO)NC(=O)[C@@H](N)Cc1ccc(OC)cc1. The lowest BCUT2D eigenvalue weighted by molar-refractivity contribution is -0.146. The number of hydrogen-bond acceptors (Lipinski definition) is 6. The highest BCUT2D eigenvalue weighted by Crippen LogP contribution is 2.12.